The number of phenols is 1. The van der Waals surface area contributed by atoms with E-state index in [1.807, 2.05) is 0 Å². The number of amides is 2. The summed E-state index contributed by atoms with van der Waals surface area (Å²) in [5.74, 6) is -2.93. The summed E-state index contributed by atoms with van der Waals surface area (Å²) in [4.78, 5) is 38.8. The smallest absolute Gasteiger partial charge is 0.487 e. The van der Waals surface area contributed by atoms with Crippen molar-refractivity contribution in [2.24, 2.45) is 17.8 Å². The lowest BCUT2D eigenvalue weighted by molar-refractivity contribution is -0.141. The largest absolute Gasteiger partial charge is 0.508 e. The number of likely N-dealkylation sites (tertiary alicyclic amines) is 1. The minimum absolute atomic E-state index is 0.00590. The number of nitrogens with zero attached hydrogens (tertiary/aromatic N) is 1. The number of rotatable bonds is 9. The number of methoxy groups -OCH3 is 1. The maximum atomic E-state index is 13.5. The van der Waals surface area contributed by atoms with E-state index in [1.165, 1.54) is 24.1 Å². The molecule has 2 saturated heterocycles. The molecule has 2 heterocycles. The molecular weight excluding hydrogens is 477 g/mol. The van der Waals surface area contributed by atoms with E-state index in [2.05, 4.69) is 0 Å². The SMILES string of the molecule is COCC1=C2B(O)O[C@H](c3ccc(O)cc3Cl)C[C@H]2[C@H]2C(=O)N(CCCCCC(=O)O)C(=O)[C@H]2C1. The molecule has 0 radical (unpaired) electrons. The van der Waals surface area contributed by atoms with E-state index >= 15 is 0 Å². The van der Waals surface area contributed by atoms with E-state index in [4.69, 9.17) is 26.1 Å². The molecule has 0 saturated carbocycles. The highest BCUT2D eigenvalue weighted by atomic mass is 35.5. The van der Waals surface area contributed by atoms with Crippen molar-refractivity contribution in [3.05, 3.63) is 39.8 Å². The van der Waals surface area contributed by atoms with Crippen molar-refractivity contribution in [2.45, 2.75) is 44.6 Å². The Morgan fingerprint density at radius 3 is 2.69 bits per heavy atom. The molecule has 0 aromatic heterocycles. The third-order valence-electron chi connectivity index (χ3n) is 7.22. The molecule has 2 aliphatic heterocycles. The number of carbonyl (C=O) groups is 3. The molecule has 35 heavy (non-hydrogen) atoms. The summed E-state index contributed by atoms with van der Waals surface area (Å²) in [6, 6.07) is 4.51. The first-order valence-corrected chi connectivity index (χ1v) is 12.2. The summed E-state index contributed by atoms with van der Waals surface area (Å²) in [5.41, 5.74) is 1.96. The van der Waals surface area contributed by atoms with Crippen LogP contribution in [-0.4, -0.2) is 65.3 Å². The number of aliphatic carboxylic acids is 1. The van der Waals surface area contributed by atoms with Crippen LogP contribution in [0.5, 0.6) is 5.75 Å². The van der Waals surface area contributed by atoms with Crippen molar-refractivity contribution < 1.29 is 39.0 Å². The number of carbonyl (C=O) groups excluding carboxylic acids is 2. The summed E-state index contributed by atoms with van der Waals surface area (Å²) in [7, 11) is 0.261. The first-order chi connectivity index (χ1) is 16.7. The zero-order valence-electron chi connectivity index (χ0n) is 19.5. The first kappa shape index (κ1) is 25.7. The summed E-state index contributed by atoms with van der Waals surface area (Å²) in [6.45, 7) is 0.467. The third-order valence-corrected chi connectivity index (χ3v) is 7.55. The van der Waals surface area contributed by atoms with Gasteiger partial charge in [0, 0.05) is 25.1 Å². The molecule has 1 aromatic rings. The molecule has 2 amide bonds. The highest BCUT2D eigenvalue weighted by Crippen LogP contribution is 2.52. The van der Waals surface area contributed by atoms with Gasteiger partial charge < -0.3 is 24.6 Å². The Morgan fingerprint density at radius 2 is 2.00 bits per heavy atom. The summed E-state index contributed by atoms with van der Waals surface area (Å²) < 4.78 is 11.2. The van der Waals surface area contributed by atoms with Crippen LogP contribution >= 0.6 is 11.6 Å². The molecule has 1 aromatic carbocycles. The highest BCUT2D eigenvalue weighted by Gasteiger charge is 2.57. The van der Waals surface area contributed by atoms with Crippen molar-refractivity contribution in [3.8, 4) is 5.75 Å². The number of aromatic hydroxyl groups is 1. The zero-order chi connectivity index (χ0) is 25.3. The number of unbranched alkanes of at least 4 members (excludes halogenated alkanes) is 2. The number of phenolic OH excluding ortho intramolecular Hbond substituents is 1. The van der Waals surface area contributed by atoms with E-state index in [0.29, 0.717) is 43.1 Å². The Hall–Kier alpha value is -2.40. The molecule has 188 valence electrons. The zero-order valence-corrected chi connectivity index (χ0v) is 20.2. The van der Waals surface area contributed by atoms with Crippen LogP contribution in [0.2, 0.25) is 5.02 Å². The maximum absolute atomic E-state index is 13.5. The molecule has 0 unspecified atom stereocenters. The van der Waals surface area contributed by atoms with Crippen LogP contribution in [0.15, 0.2) is 29.2 Å². The molecule has 3 aliphatic rings. The van der Waals surface area contributed by atoms with E-state index in [0.717, 1.165) is 5.57 Å². The number of imide groups is 1. The van der Waals surface area contributed by atoms with E-state index < -0.39 is 36.9 Å². The molecule has 4 atom stereocenters. The van der Waals surface area contributed by atoms with Crippen molar-refractivity contribution in [3.63, 3.8) is 0 Å². The second-order valence-electron chi connectivity index (χ2n) is 9.39. The van der Waals surface area contributed by atoms with Crippen LogP contribution in [-0.2, 0) is 23.8 Å². The number of hydrogen-bond acceptors (Lipinski definition) is 7. The van der Waals surface area contributed by atoms with Crippen LogP contribution in [0.1, 0.15) is 50.2 Å². The van der Waals surface area contributed by atoms with Gasteiger partial charge in [-0.2, -0.15) is 0 Å². The van der Waals surface area contributed by atoms with E-state index in [-0.39, 0.29) is 42.2 Å². The normalized spacial score (nSPS) is 26.3. The molecule has 1 aliphatic carbocycles. The number of carboxylic acids is 1. The molecule has 11 heteroatoms. The molecule has 2 fully saturated rings. The Kier molecular flexibility index (Phi) is 7.85. The average Bonchev–Trinajstić information content (AvgIpc) is 3.03. The number of fused-ring (bicyclic) bond motifs is 3. The summed E-state index contributed by atoms with van der Waals surface area (Å²) >= 11 is 6.33. The maximum Gasteiger partial charge on any atom is 0.487 e. The van der Waals surface area contributed by atoms with Gasteiger partial charge in [-0.3, -0.25) is 19.3 Å². The van der Waals surface area contributed by atoms with Gasteiger partial charge in [-0.1, -0.05) is 24.1 Å². The first-order valence-electron chi connectivity index (χ1n) is 11.8. The van der Waals surface area contributed by atoms with Crippen LogP contribution in [0.3, 0.4) is 0 Å². The molecule has 0 bridgehead atoms. The molecule has 4 rings (SSSR count). The number of halogens is 1. The topological polar surface area (TPSA) is 134 Å². The van der Waals surface area contributed by atoms with Crippen LogP contribution in [0.25, 0.3) is 0 Å². The Bertz CT molecular complexity index is 1050. The van der Waals surface area contributed by atoms with Gasteiger partial charge in [-0.15, -0.1) is 0 Å². The van der Waals surface area contributed by atoms with Gasteiger partial charge in [0.25, 0.3) is 0 Å². The van der Waals surface area contributed by atoms with Gasteiger partial charge in [0.05, 0.1) is 24.5 Å². The highest BCUT2D eigenvalue weighted by molar-refractivity contribution is 6.53. The minimum Gasteiger partial charge on any atom is -0.508 e. The van der Waals surface area contributed by atoms with Crippen LogP contribution in [0, 0.1) is 17.8 Å². The molecule has 0 spiro atoms. The van der Waals surface area contributed by atoms with Gasteiger partial charge in [-0.05, 0) is 60.3 Å². The number of hydrogen-bond donors (Lipinski definition) is 3. The van der Waals surface area contributed by atoms with Crippen molar-refractivity contribution in [2.75, 3.05) is 20.3 Å². The van der Waals surface area contributed by atoms with Gasteiger partial charge >= 0.3 is 13.1 Å². The fraction of sp³-hybridized carbons (Fsp3) is 0.542. The Morgan fingerprint density at radius 1 is 1.23 bits per heavy atom. The lowest BCUT2D eigenvalue weighted by atomic mass is 9.55. The van der Waals surface area contributed by atoms with E-state index in [1.54, 1.807) is 6.07 Å². The quantitative estimate of drug-likeness (QED) is 0.265. The molecule has 3 N–H and O–H groups in total. The van der Waals surface area contributed by atoms with Gasteiger partial charge in [0.15, 0.2) is 0 Å². The Balaban J connectivity index is 1.58. The number of carboxylic acid groups (broad SMARTS) is 1. The number of allylic oxidation sites excluding steroid dienone is 1. The third kappa shape index (κ3) is 5.11. The van der Waals surface area contributed by atoms with Gasteiger partial charge in [0.2, 0.25) is 11.8 Å². The molecular formula is C24H29BClNO8. The second kappa shape index (κ2) is 10.7. The van der Waals surface area contributed by atoms with Crippen LogP contribution in [0.4, 0.5) is 0 Å². The number of benzene rings is 1. The average molecular weight is 506 g/mol. The second-order valence-corrected chi connectivity index (χ2v) is 9.79. The predicted molar refractivity (Wildman–Crippen MR) is 126 cm³/mol. The fourth-order valence-corrected chi connectivity index (χ4v) is 6.00. The minimum atomic E-state index is -1.28. The molecule has 9 nitrogen and oxygen atoms in total. The Labute approximate surface area is 208 Å². The lowest BCUT2D eigenvalue weighted by Crippen LogP contribution is -2.45. The fourth-order valence-electron chi connectivity index (χ4n) is 5.70. The summed E-state index contributed by atoms with van der Waals surface area (Å²) in [5, 5.41) is 29.8. The van der Waals surface area contributed by atoms with E-state index in [9.17, 15) is 24.5 Å². The predicted octanol–water partition coefficient (Wildman–Crippen LogP) is 2.74. The van der Waals surface area contributed by atoms with Gasteiger partial charge in [-0.25, -0.2) is 0 Å². The summed E-state index contributed by atoms with van der Waals surface area (Å²) in [6.07, 6.45) is 1.73. The monoisotopic (exact) mass is 505 g/mol. The number of ether oxygens (including phenoxy) is 1. The standard InChI is InChI=1S/C24H29BClNO8/c1-34-12-13-9-17-21(24(32)27(23(17)31)8-4-2-3-5-20(29)30)16-11-19(35-25(33)22(13)16)15-7-6-14(28)10-18(15)26/h6-7,10,16-17,19,21,28,33H,2-5,8-9,11-12H2,1H3,(H,29,30)/t16-,17-,19-,21+/m0/s1. The van der Waals surface area contributed by atoms with Crippen LogP contribution < -0.4 is 0 Å². The van der Waals surface area contributed by atoms with Crippen molar-refractivity contribution in [1.29, 1.82) is 0 Å². The van der Waals surface area contributed by atoms with Crippen molar-refractivity contribution in [1.82, 2.24) is 4.90 Å². The van der Waals surface area contributed by atoms with Gasteiger partial charge in [0.1, 0.15) is 5.75 Å². The van der Waals surface area contributed by atoms with Crippen molar-refractivity contribution >= 4 is 36.5 Å². The lowest BCUT2D eigenvalue weighted by Gasteiger charge is -2.42.